The van der Waals surface area contributed by atoms with Gasteiger partial charge < -0.3 is 5.11 Å². The number of thioether (sulfide) groups is 1. The molecule has 0 aromatic carbocycles. The molecular formula is C11H10N2O3S2. The van der Waals surface area contributed by atoms with E-state index in [0.717, 1.165) is 24.6 Å². The molecule has 0 aliphatic heterocycles. The van der Waals surface area contributed by atoms with Gasteiger partial charge in [0, 0.05) is 6.04 Å². The highest BCUT2D eigenvalue weighted by molar-refractivity contribution is 7.99. The Morgan fingerprint density at radius 2 is 2.39 bits per heavy atom. The smallest absolute Gasteiger partial charge is 0.313 e. The molecule has 5 nitrogen and oxygen atoms in total. The molecule has 1 aliphatic rings. The fraction of sp³-hybridized carbons (Fsp3) is 0.364. The second kappa shape index (κ2) is 4.40. The Balaban J connectivity index is 2.12. The van der Waals surface area contributed by atoms with E-state index in [9.17, 15) is 9.59 Å². The lowest BCUT2D eigenvalue weighted by atomic mass is 10.4. The van der Waals surface area contributed by atoms with E-state index in [1.165, 1.54) is 11.3 Å². The quantitative estimate of drug-likeness (QED) is 0.685. The van der Waals surface area contributed by atoms with Crippen LogP contribution in [0.4, 0.5) is 0 Å². The van der Waals surface area contributed by atoms with Gasteiger partial charge in [-0.3, -0.25) is 14.2 Å². The van der Waals surface area contributed by atoms with Crippen LogP contribution in [0, 0.1) is 0 Å². The Morgan fingerprint density at radius 1 is 1.61 bits per heavy atom. The molecule has 1 saturated carbocycles. The average molecular weight is 282 g/mol. The predicted molar refractivity (Wildman–Crippen MR) is 70.5 cm³/mol. The van der Waals surface area contributed by atoms with Crippen molar-refractivity contribution in [2.24, 2.45) is 0 Å². The summed E-state index contributed by atoms with van der Waals surface area (Å²) in [4.78, 5) is 27.3. The van der Waals surface area contributed by atoms with E-state index in [4.69, 9.17) is 5.11 Å². The molecule has 0 radical (unpaired) electrons. The molecular weight excluding hydrogens is 272 g/mol. The maximum absolute atomic E-state index is 12.3. The second-order valence-electron chi connectivity index (χ2n) is 4.12. The molecule has 94 valence electrons. The first kappa shape index (κ1) is 11.7. The first-order valence-electron chi connectivity index (χ1n) is 5.51. The molecule has 2 heterocycles. The molecule has 0 bridgehead atoms. The number of carboxylic acid groups (broad SMARTS) is 1. The van der Waals surface area contributed by atoms with Gasteiger partial charge in [-0.2, -0.15) is 0 Å². The fourth-order valence-corrected chi connectivity index (χ4v) is 3.34. The first-order valence-corrected chi connectivity index (χ1v) is 7.37. The Kier molecular flexibility index (Phi) is 2.87. The molecule has 0 saturated heterocycles. The molecule has 7 heteroatoms. The standard InChI is InChI=1S/C11H10N2O3S2/c14-8(15)5-18-11-12-7-3-4-17-9(7)10(16)13(11)6-1-2-6/h3-4,6H,1-2,5H2,(H,14,15). The average Bonchev–Trinajstić information content (AvgIpc) is 3.04. The summed E-state index contributed by atoms with van der Waals surface area (Å²) in [5.74, 6) is -0.976. The molecule has 3 rings (SSSR count). The molecule has 0 spiro atoms. The van der Waals surface area contributed by atoms with Crippen LogP contribution in [0.2, 0.25) is 0 Å². The van der Waals surface area contributed by atoms with Crippen LogP contribution in [0.15, 0.2) is 21.4 Å². The van der Waals surface area contributed by atoms with Crippen molar-refractivity contribution in [1.82, 2.24) is 9.55 Å². The van der Waals surface area contributed by atoms with Gasteiger partial charge in [-0.1, -0.05) is 11.8 Å². The van der Waals surface area contributed by atoms with E-state index in [1.807, 2.05) is 5.38 Å². The Hall–Kier alpha value is -1.34. The van der Waals surface area contributed by atoms with Gasteiger partial charge in [-0.15, -0.1) is 11.3 Å². The van der Waals surface area contributed by atoms with Crippen molar-refractivity contribution in [3.63, 3.8) is 0 Å². The Morgan fingerprint density at radius 3 is 3.06 bits per heavy atom. The summed E-state index contributed by atoms with van der Waals surface area (Å²) in [6, 6.07) is 2.00. The summed E-state index contributed by atoms with van der Waals surface area (Å²) in [5, 5.41) is 11.1. The third-order valence-corrected chi connectivity index (χ3v) is 4.55. The van der Waals surface area contributed by atoms with Crippen molar-refractivity contribution in [1.29, 1.82) is 0 Å². The van der Waals surface area contributed by atoms with Gasteiger partial charge in [-0.25, -0.2) is 4.98 Å². The predicted octanol–water partition coefficient (Wildman–Crippen LogP) is 1.97. The number of thiophene rings is 1. The van der Waals surface area contributed by atoms with Gasteiger partial charge in [0.25, 0.3) is 5.56 Å². The summed E-state index contributed by atoms with van der Waals surface area (Å²) in [6.07, 6.45) is 1.94. The van der Waals surface area contributed by atoms with Gasteiger partial charge in [-0.05, 0) is 24.3 Å². The Bertz CT molecular complexity index is 672. The van der Waals surface area contributed by atoms with E-state index in [2.05, 4.69) is 4.98 Å². The lowest BCUT2D eigenvalue weighted by Gasteiger charge is -2.09. The molecule has 2 aromatic heterocycles. The number of aromatic nitrogens is 2. The molecule has 0 unspecified atom stereocenters. The lowest BCUT2D eigenvalue weighted by Crippen LogP contribution is -2.22. The van der Waals surface area contributed by atoms with Crippen LogP contribution in [-0.2, 0) is 4.79 Å². The maximum Gasteiger partial charge on any atom is 0.313 e. The molecule has 0 atom stereocenters. The minimum absolute atomic E-state index is 0.0367. The molecule has 1 fully saturated rings. The number of hydrogen-bond acceptors (Lipinski definition) is 5. The molecule has 1 N–H and O–H groups in total. The number of aliphatic carboxylic acids is 1. The highest BCUT2D eigenvalue weighted by atomic mass is 32.2. The zero-order valence-corrected chi connectivity index (χ0v) is 11.0. The highest BCUT2D eigenvalue weighted by Crippen LogP contribution is 2.37. The van der Waals surface area contributed by atoms with E-state index in [0.29, 0.717) is 15.4 Å². The van der Waals surface area contributed by atoms with Crippen LogP contribution in [0.1, 0.15) is 18.9 Å². The lowest BCUT2D eigenvalue weighted by molar-refractivity contribution is -0.133. The number of nitrogens with zero attached hydrogens (tertiary/aromatic N) is 2. The number of hydrogen-bond donors (Lipinski definition) is 1. The van der Waals surface area contributed by atoms with Crippen molar-refractivity contribution in [2.45, 2.75) is 24.0 Å². The summed E-state index contributed by atoms with van der Waals surface area (Å²) >= 11 is 2.50. The minimum atomic E-state index is -0.901. The second-order valence-corrected chi connectivity index (χ2v) is 5.98. The van der Waals surface area contributed by atoms with Crippen molar-refractivity contribution in [2.75, 3.05) is 5.75 Å². The number of rotatable bonds is 4. The zero-order valence-electron chi connectivity index (χ0n) is 9.33. The molecule has 1 aliphatic carbocycles. The van der Waals surface area contributed by atoms with Crippen LogP contribution < -0.4 is 5.56 Å². The van der Waals surface area contributed by atoms with Crippen molar-refractivity contribution in [3.05, 3.63) is 21.8 Å². The van der Waals surface area contributed by atoms with E-state index < -0.39 is 5.97 Å². The molecule has 2 aromatic rings. The van der Waals surface area contributed by atoms with Crippen molar-refractivity contribution in [3.8, 4) is 0 Å². The summed E-state index contributed by atoms with van der Waals surface area (Å²) in [6.45, 7) is 0. The van der Waals surface area contributed by atoms with Gasteiger partial charge in [0.05, 0.1) is 11.3 Å². The number of carboxylic acids is 1. The largest absolute Gasteiger partial charge is 0.481 e. The van der Waals surface area contributed by atoms with Crippen LogP contribution in [0.3, 0.4) is 0 Å². The van der Waals surface area contributed by atoms with E-state index in [-0.39, 0.29) is 17.4 Å². The summed E-state index contributed by atoms with van der Waals surface area (Å²) in [5.41, 5.74) is 0.625. The van der Waals surface area contributed by atoms with Crippen LogP contribution in [0.5, 0.6) is 0 Å². The zero-order chi connectivity index (χ0) is 12.7. The molecule has 0 amide bonds. The van der Waals surface area contributed by atoms with E-state index >= 15 is 0 Å². The van der Waals surface area contributed by atoms with E-state index in [1.54, 1.807) is 10.6 Å². The topological polar surface area (TPSA) is 72.2 Å². The monoisotopic (exact) mass is 282 g/mol. The van der Waals surface area contributed by atoms with Gasteiger partial charge in [0.1, 0.15) is 4.70 Å². The van der Waals surface area contributed by atoms with Crippen LogP contribution in [-0.4, -0.2) is 26.4 Å². The molecule has 18 heavy (non-hydrogen) atoms. The third kappa shape index (κ3) is 2.04. The maximum atomic E-state index is 12.3. The normalized spacial score (nSPS) is 15.1. The number of carbonyl (C=O) groups is 1. The Labute approximate surface area is 110 Å². The van der Waals surface area contributed by atoms with Gasteiger partial charge in [0.2, 0.25) is 0 Å². The minimum Gasteiger partial charge on any atom is -0.481 e. The van der Waals surface area contributed by atoms with Crippen LogP contribution in [0.25, 0.3) is 10.2 Å². The summed E-state index contributed by atoms with van der Waals surface area (Å²) in [7, 11) is 0. The van der Waals surface area contributed by atoms with Crippen molar-refractivity contribution < 1.29 is 9.90 Å². The third-order valence-electron chi connectivity index (χ3n) is 2.72. The van der Waals surface area contributed by atoms with Crippen LogP contribution >= 0.6 is 23.1 Å². The van der Waals surface area contributed by atoms with Crippen molar-refractivity contribution >= 4 is 39.3 Å². The van der Waals surface area contributed by atoms with Gasteiger partial charge >= 0.3 is 5.97 Å². The summed E-state index contributed by atoms with van der Waals surface area (Å²) < 4.78 is 2.31. The fourth-order valence-electron chi connectivity index (χ4n) is 1.79. The SMILES string of the molecule is O=C(O)CSc1nc2ccsc2c(=O)n1C1CC1. The van der Waals surface area contributed by atoms with Gasteiger partial charge in [0.15, 0.2) is 5.16 Å². The first-order chi connectivity index (χ1) is 8.66. The highest BCUT2D eigenvalue weighted by Gasteiger charge is 2.29. The number of fused-ring (bicyclic) bond motifs is 1.